The molecule has 11 nitrogen and oxygen atoms in total. The van der Waals surface area contributed by atoms with Crippen molar-refractivity contribution in [3.05, 3.63) is 24.3 Å². The highest BCUT2D eigenvalue weighted by Gasteiger charge is 2.21. The fourth-order valence-corrected chi connectivity index (χ4v) is 2.39. The molecule has 164 valence electrons. The maximum absolute atomic E-state index is 12.1. The lowest BCUT2D eigenvalue weighted by atomic mass is 10.1. The molecule has 12 heteroatoms. The van der Waals surface area contributed by atoms with Gasteiger partial charge in [0.15, 0.2) is 0 Å². The molecular weight excluding hydrogens is 416 g/mol. The first kappa shape index (κ1) is 24.9. The second-order valence-corrected chi connectivity index (χ2v) is 6.55. The molecule has 0 spiro atoms. The lowest BCUT2D eigenvalue weighted by Gasteiger charge is -2.16. The van der Waals surface area contributed by atoms with Gasteiger partial charge in [-0.2, -0.15) is 12.6 Å². The van der Waals surface area contributed by atoms with Crippen molar-refractivity contribution >= 4 is 48.0 Å². The molecule has 0 radical (unpaired) electrons. The molecule has 2 atom stereocenters. The van der Waals surface area contributed by atoms with Gasteiger partial charge in [0.25, 0.3) is 0 Å². The molecule has 0 saturated heterocycles. The van der Waals surface area contributed by atoms with E-state index in [1.165, 1.54) is 19.1 Å². The summed E-state index contributed by atoms with van der Waals surface area (Å²) < 4.78 is 5.06. The van der Waals surface area contributed by atoms with Gasteiger partial charge < -0.3 is 31.5 Å². The molecule has 1 aromatic carbocycles. The number of carboxylic acid groups (broad SMARTS) is 1. The number of esters is 1. The number of nitrogens with two attached hydrogens (primary N) is 1. The minimum atomic E-state index is -1.23. The van der Waals surface area contributed by atoms with Crippen LogP contribution in [-0.2, 0) is 24.0 Å². The molecule has 0 bridgehead atoms. The largest absolute Gasteiger partial charge is 0.480 e. The van der Waals surface area contributed by atoms with E-state index in [1.807, 2.05) is 0 Å². The predicted octanol–water partition coefficient (Wildman–Crippen LogP) is -0.727. The number of aliphatic carboxylic acids is 1. The number of anilines is 1. The molecule has 0 aliphatic rings. The van der Waals surface area contributed by atoms with Crippen LogP contribution in [0.1, 0.15) is 19.8 Å². The highest BCUT2D eigenvalue weighted by Crippen LogP contribution is 2.15. The summed E-state index contributed by atoms with van der Waals surface area (Å²) in [5, 5.41) is 16.0. The third kappa shape index (κ3) is 9.39. The van der Waals surface area contributed by atoms with Crippen LogP contribution in [0.5, 0.6) is 5.75 Å². The van der Waals surface area contributed by atoms with Crippen LogP contribution in [-0.4, -0.2) is 59.1 Å². The first-order valence-electron chi connectivity index (χ1n) is 8.87. The monoisotopic (exact) mass is 440 g/mol. The summed E-state index contributed by atoms with van der Waals surface area (Å²) >= 11 is 3.99. The van der Waals surface area contributed by atoms with E-state index in [1.54, 1.807) is 12.1 Å². The van der Waals surface area contributed by atoms with Gasteiger partial charge in [-0.05, 0) is 30.7 Å². The lowest BCUT2D eigenvalue weighted by molar-refractivity contribution is -0.139. The molecule has 2 unspecified atom stereocenters. The van der Waals surface area contributed by atoms with Crippen molar-refractivity contribution in [1.82, 2.24) is 10.6 Å². The average Bonchev–Trinajstić information content (AvgIpc) is 2.69. The Kier molecular flexibility index (Phi) is 10.3. The van der Waals surface area contributed by atoms with E-state index in [4.69, 9.17) is 15.6 Å². The number of carbonyl (C=O) groups is 5. The van der Waals surface area contributed by atoms with E-state index in [9.17, 15) is 24.0 Å². The van der Waals surface area contributed by atoms with Crippen LogP contribution < -0.4 is 26.4 Å². The number of rotatable bonds is 11. The molecule has 0 aliphatic carbocycles. The molecule has 1 rings (SSSR count). The summed E-state index contributed by atoms with van der Waals surface area (Å²) in [6.45, 7) is 0.915. The number of ether oxygens (including phenoxy) is 1. The minimum absolute atomic E-state index is 0.0395. The summed E-state index contributed by atoms with van der Waals surface area (Å²) in [6, 6.07) is 3.84. The van der Waals surface area contributed by atoms with E-state index < -0.39 is 42.4 Å². The maximum Gasteiger partial charge on any atom is 0.330 e. The molecule has 1 aromatic rings. The van der Waals surface area contributed by atoms with Gasteiger partial charge in [-0.1, -0.05) is 0 Å². The molecule has 0 aliphatic heterocycles. The lowest BCUT2D eigenvalue weighted by Crippen LogP contribution is -2.49. The summed E-state index contributed by atoms with van der Waals surface area (Å²) in [4.78, 5) is 57.4. The molecule has 0 aromatic heterocycles. The second-order valence-electron chi connectivity index (χ2n) is 6.18. The number of carbonyl (C=O) groups excluding carboxylic acids is 4. The Morgan fingerprint density at radius 3 is 2.33 bits per heavy atom. The maximum atomic E-state index is 12.1. The van der Waals surface area contributed by atoms with Gasteiger partial charge in [0.2, 0.25) is 17.7 Å². The summed E-state index contributed by atoms with van der Waals surface area (Å²) in [5.74, 6) is -3.25. The second kappa shape index (κ2) is 12.4. The summed E-state index contributed by atoms with van der Waals surface area (Å²) in [6.07, 6.45) is -0.267. The topological polar surface area (TPSA) is 177 Å². The zero-order valence-electron chi connectivity index (χ0n) is 16.2. The number of hydrogen-bond donors (Lipinski definition) is 6. The minimum Gasteiger partial charge on any atom is -0.480 e. The first-order valence-corrected chi connectivity index (χ1v) is 9.50. The molecule has 0 saturated carbocycles. The smallest absolute Gasteiger partial charge is 0.330 e. The predicted molar refractivity (Wildman–Crippen MR) is 110 cm³/mol. The van der Waals surface area contributed by atoms with Crippen molar-refractivity contribution in [2.24, 2.45) is 5.73 Å². The van der Waals surface area contributed by atoms with E-state index in [0.717, 1.165) is 0 Å². The Balaban J connectivity index is 2.44. The van der Waals surface area contributed by atoms with Crippen LogP contribution in [0.25, 0.3) is 0 Å². The van der Waals surface area contributed by atoms with Crippen LogP contribution in [0.3, 0.4) is 0 Å². The van der Waals surface area contributed by atoms with Gasteiger partial charge in [0, 0.05) is 24.8 Å². The van der Waals surface area contributed by atoms with E-state index >= 15 is 0 Å². The van der Waals surface area contributed by atoms with Crippen molar-refractivity contribution in [3.63, 3.8) is 0 Å². The van der Waals surface area contributed by atoms with Crippen molar-refractivity contribution in [2.45, 2.75) is 31.8 Å². The van der Waals surface area contributed by atoms with E-state index in [2.05, 4.69) is 28.6 Å². The third-order valence-corrected chi connectivity index (χ3v) is 4.01. The number of amides is 3. The quantitative estimate of drug-likeness (QED) is 0.148. The highest BCUT2D eigenvalue weighted by atomic mass is 32.1. The van der Waals surface area contributed by atoms with E-state index in [0.29, 0.717) is 5.69 Å². The SMILES string of the molecule is CC(=O)Nc1ccc(OC(=O)CNC(=O)C(CS)NC(=O)CCC(N)C(=O)O)cc1. The fourth-order valence-electron chi connectivity index (χ4n) is 2.13. The van der Waals surface area contributed by atoms with Crippen LogP contribution in [0, 0.1) is 0 Å². The Morgan fingerprint density at radius 1 is 1.17 bits per heavy atom. The number of hydrogen-bond acceptors (Lipinski definition) is 8. The van der Waals surface area contributed by atoms with Gasteiger partial charge in [-0.3, -0.25) is 19.2 Å². The Hall–Kier alpha value is -3.12. The van der Waals surface area contributed by atoms with Gasteiger partial charge in [-0.15, -0.1) is 0 Å². The Morgan fingerprint density at radius 2 is 1.80 bits per heavy atom. The third-order valence-electron chi connectivity index (χ3n) is 3.65. The van der Waals surface area contributed by atoms with Crippen molar-refractivity contribution in [3.8, 4) is 5.75 Å². The average molecular weight is 440 g/mol. The fraction of sp³-hybridized carbons (Fsp3) is 0.389. The zero-order valence-corrected chi connectivity index (χ0v) is 17.1. The number of thiol groups is 1. The van der Waals surface area contributed by atoms with Gasteiger partial charge in [-0.25, -0.2) is 4.79 Å². The summed E-state index contributed by atoms with van der Waals surface area (Å²) in [7, 11) is 0. The highest BCUT2D eigenvalue weighted by molar-refractivity contribution is 7.80. The normalized spacial score (nSPS) is 12.2. The number of carboxylic acids is 1. The van der Waals surface area contributed by atoms with Crippen LogP contribution >= 0.6 is 12.6 Å². The van der Waals surface area contributed by atoms with Gasteiger partial charge >= 0.3 is 11.9 Å². The van der Waals surface area contributed by atoms with Crippen LogP contribution in [0.2, 0.25) is 0 Å². The molecular formula is C18H24N4O7S. The van der Waals surface area contributed by atoms with Crippen molar-refractivity contribution < 1.29 is 33.8 Å². The standard InChI is InChI=1S/C18H24N4O7S/c1-10(23)21-11-2-4-12(5-3-11)29-16(25)8-20-17(26)14(9-30)22-15(24)7-6-13(19)18(27)28/h2-5,13-14,30H,6-9,19H2,1H3,(H,20,26)(H,21,23)(H,22,24)(H,27,28). The van der Waals surface area contributed by atoms with E-state index in [-0.39, 0.29) is 30.3 Å². The van der Waals surface area contributed by atoms with Crippen molar-refractivity contribution in [1.29, 1.82) is 0 Å². The van der Waals surface area contributed by atoms with Crippen LogP contribution in [0.4, 0.5) is 5.69 Å². The van der Waals surface area contributed by atoms with Crippen molar-refractivity contribution in [2.75, 3.05) is 17.6 Å². The zero-order chi connectivity index (χ0) is 22.7. The summed E-state index contributed by atoms with van der Waals surface area (Å²) in [5.41, 5.74) is 5.85. The first-order chi connectivity index (χ1) is 14.1. The molecule has 6 N–H and O–H groups in total. The molecule has 3 amide bonds. The van der Waals surface area contributed by atoms with Crippen LogP contribution in [0.15, 0.2) is 24.3 Å². The Labute approximate surface area is 178 Å². The van der Waals surface area contributed by atoms with Gasteiger partial charge in [0.05, 0.1) is 0 Å². The molecule has 30 heavy (non-hydrogen) atoms. The Bertz CT molecular complexity index is 785. The number of nitrogens with one attached hydrogen (secondary N) is 3. The molecule has 0 heterocycles. The van der Waals surface area contributed by atoms with Gasteiger partial charge in [0.1, 0.15) is 24.4 Å². The molecule has 0 fully saturated rings. The number of benzene rings is 1.